The number of hydrogen-bond acceptors (Lipinski definition) is 5. The molecule has 0 atom stereocenters. The van der Waals surface area contributed by atoms with Crippen LogP contribution in [0.4, 0.5) is 0 Å². The van der Waals surface area contributed by atoms with Crippen LogP contribution in [0.15, 0.2) is 164 Å². The van der Waals surface area contributed by atoms with Crippen molar-refractivity contribution in [2.75, 3.05) is 0 Å². The predicted molar refractivity (Wildman–Crippen MR) is 199 cm³/mol. The van der Waals surface area contributed by atoms with E-state index in [1.54, 1.807) is 6.07 Å². The van der Waals surface area contributed by atoms with Crippen LogP contribution in [0.5, 0.6) is 0 Å². The lowest BCUT2D eigenvalue weighted by Crippen LogP contribution is -2.00. The van der Waals surface area contributed by atoms with Crippen LogP contribution in [0.1, 0.15) is 11.1 Å². The molecule has 7 aromatic carbocycles. The zero-order valence-electron chi connectivity index (χ0n) is 26.8. The van der Waals surface area contributed by atoms with Gasteiger partial charge in [0.05, 0.1) is 23.3 Å². The molecule has 0 saturated heterocycles. The lowest BCUT2D eigenvalue weighted by atomic mass is 9.89. The van der Waals surface area contributed by atoms with E-state index in [0.717, 1.165) is 60.8 Å². The van der Waals surface area contributed by atoms with Crippen molar-refractivity contribution in [2.45, 2.75) is 0 Å². The van der Waals surface area contributed by atoms with Gasteiger partial charge >= 0.3 is 0 Å². The second kappa shape index (κ2) is 13.1. The SMILES string of the molecule is N#Cc1cc(C#N)cc(-c2ccc(-c3ccc4ccccc4c3-c3ccc(-c4nc(-c5ccccc5)nc(-c5ccccc5)n4)cc3)cc2)c1. The van der Waals surface area contributed by atoms with Crippen LogP contribution in [0.2, 0.25) is 0 Å². The Bertz CT molecular complexity index is 2490. The molecule has 8 aromatic rings. The van der Waals surface area contributed by atoms with E-state index in [1.807, 2.05) is 84.9 Å². The number of nitrogens with zero attached hydrogens (tertiary/aromatic N) is 5. The molecule has 0 saturated carbocycles. The average Bonchev–Trinajstić information content (AvgIpc) is 3.20. The molecule has 0 fully saturated rings. The van der Waals surface area contributed by atoms with E-state index >= 15 is 0 Å². The van der Waals surface area contributed by atoms with Crippen molar-refractivity contribution in [3.8, 4) is 79.7 Å². The number of aromatic nitrogens is 3. The third-order valence-corrected chi connectivity index (χ3v) is 8.78. The molecule has 0 radical (unpaired) electrons. The highest BCUT2D eigenvalue weighted by atomic mass is 15.0. The summed E-state index contributed by atoms with van der Waals surface area (Å²) in [5.41, 5.74) is 9.84. The van der Waals surface area contributed by atoms with Gasteiger partial charge in [0.2, 0.25) is 0 Å². The standard InChI is InChI=1S/C45H27N5/c46-28-30-25-31(29-47)27-39(26-30)32-15-17-34(18-16-32)41-24-23-33-9-7-8-14-40(33)42(41)35-19-21-38(22-20-35)45-49-43(36-10-3-1-4-11-36)48-44(50-45)37-12-5-2-6-13-37/h1-27H. The van der Waals surface area contributed by atoms with Crippen LogP contribution in [-0.4, -0.2) is 15.0 Å². The van der Waals surface area contributed by atoms with Gasteiger partial charge in [0.15, 0.2) is 17.5 Å². The lowest BCUT2D eigenvalue weighted by molar-refractivity contribution is 1.07. The highest BCUT2D eigenvalue weighted by molar-refractivity contribution is 6.04. The van der Waals surface area contributed by atoms with E-state index in [2.05, 4.69) is 84.9 Å². The molecule has 5 heteroatoms. The Balaban J connectivity index is 1.21. The van der Waals surface area contributed by atoms with Gasteiger partial charge in [-0.15, -0.1) is 0 Å². The minimum Gasteiger partial charge on any atom is -0.208 e. The summed E-state index contributed by atoms with van der Waals surface area (Å²) in [5.74, 6) is 1.86. The van der Waals surface area contributed by atoms with Crippen molar-refractivity contribution in [2.24, 2.45) is 0 Å². The molecule has 0 bridgehead atoms. The van der Waals surface area contributed by atoms with Crippen LogP contribution in [0, 0.1) is 22.7 Å². The summed E-state index contributed by atoms with van der Waals surface area (Å²) in [6, 6.07) is 59.0. The zero-order valence-corrected chi connectivity index (χ0v) is 26.8. The molecule has 50 heavy (non-hydrogen) atoms. The molecule has 0 spiro atoms. The van der Waals surface area contributed by atoms with Crippen LogP contribution in [0.3, 0.4) is 0 Å². The second-order valence-corrected chi connectivity index (χ2v) is 11.9. The second-order valence-electron chi connectivity index (χ2n) is 11.9. The van der Waals surface area contributed by atoms with Crippen LogP contribution in [0.25, 0.3) is 78.3 Å². The number of benzene rings is 7. The molecular weight excluding hydrogens is 611 g/mol. The van der Waals surface area contributed by atoms with Crippen molar-refractivity contribution in [1.82, 2.24) is 15.0 Å². The van der Waals surface area contributed by atoms with Gasteiger partial charge in [-0.2, -0.15) is 10.5 Å². The van der Waals surface area contributed by atoms with Crippen molar-refractivity contribution in [1.29, 1.82) is 10.5 Å². The van der Waals surface area contributed by atoms with E-state index in [9.17, 15) is 10.5 Å². The molecular formula is C45H27N5. The topological polar surface area (TPSA) is 86.2 Å². The first-order valence-corrected chi connectivity index (χ1v) is 16.2. The largest absolute Gasteiger partial charge is 0.208 e. The van der Waals surface area contributed by atoms with Gasteiger partial charge in [-0.25, -0.2) is 15.0 Å². The molecule has 0 unspecified atom stereocenters. The molecule has 0 amide bonds. The minimum absolute atomic E-state index is 0.466. The van der Waals surface area contributed by atoms with E-state index in [0.29, 0.717) is 28.6 Å². The van der Waals surface area contributed by atoms with Crippen LogP contribution >= 0.6 is 0 Å². The molecule has 232 valence electrons. The first-order chi connectivity index (χ1) is 24.7. The number of rotatable bonds is 6. The van der Waals surface area contributed by atoms with Crippen molar-refractivity contribution >= 4 is 10.8 Å². The first-order valence-electron chi connectivity index (χ1n) is 16.2. The van der Waals surface area contributed by atoms with Gasteiger partial charge in [0.25, 0.3) is 0 Å². The summed E-state index contributed by atoms with van der Waals surface area (Å²) < 4.78 is 0. The Labute approximate surface area is 290 Å². The average molecular weight is 638 g/mol. The molecule has 0 aliphatic carbocycles. The lowest BCUT2D eigenvalue weighted by Gasteiger charge is -2.15. The van der Waals surface area contributed by atoms with E-state index in [4.69, 9.17) is 15.0 Å². The fraction of sp³-hybridized carbons (Fsp3) is 0. The van der Waals surface area contributed by atoms with E-state index in [1.165, 1.54) is 0 Å². The Hall–Kier alpha value is -7.21. The van der Waals surface area contributed by atoms with Crippen molar-refractivity contribution < 1.29 is 0 Å². The van der Waals surface area contributed by atoms with Gasteiger partial charge in [0, 0.05) is 16.7 Å². The summed E-state index contributed by atoms with van der Waals surface area (Å²) in [5, 5.41) is 21.3. The van der Waals surface area contributed by atoms with Gasteiger partial charge in [-0.3, -0.25) is 0 Å². The fourth-order valence-electron chi connectivity index (χ4n) is 6.31. The Morgan fingerprint density at radius 3 is 1.38 bits per heavy atom. The van der Waals surface area contributed by atoms with Crippen molar-refractivity contribution in [3.05, 3.63) is 175 Å². The monoisotopic (exact) mass is 637 g/mol. The van der Waals surface area contributed by atoms with E-state index in [-0.39, 0.29) is 0 Å². The third-order valence-electron chi connectivity index (χ3n) is 8.78. The summed E-state index contributed by atoms with van der Waals surface area (Å²) in [7, 11) is 0. The quantitative estimate of drug-likeness (QED) is 0.181. The smallest absolute Gasteiger partial charge is 0.164 e. The maximum Gasteiger partial charge on any atom is 0.164 e. The minimum atomic E-state index is 0.466. The van der Waals surface area contributed by atoms with Gasteiger partial charge in [-0.05, 0) is 62.4 Å². The normalized spacial score (nSPS) is 10.8. The summed E-state index contributed by atoms with van der Waals surface area (Å²) in [6.45, 7) is 0. The highest BCUT2D eigenvalue weighted by Gasteiger charge is 2.15. The molecule has 0 N–H and O–H groups in total. The number of hydrogen-bond donors (Lipinski definition) is 0. The Morgan fingerprint density at radius 1 is 0.360 bits per heavy atom. The number of nitriles is 2. The number of fused-ring (bicyclic) bond motifs is 1. The maximum atomic E-state index is 9.48. The van der Waals surface area contributed by atoms with Crippen LogP contribution < -0.4 is 0 Å². The molecule has 1 heterocycles. The van der Waals surface area contributed by atoms with Crippen LogP contribution in [-0.2, 0) is 0 Å². The molecule has 8 rings (SSSR count). The Kier molecular flexibility index (Phi) is 7.91. The molecule has 5 nitrogen and oxygen atoms in total. The summed E-state index contributed by atoms with van der Waals surface area (Å²) in [6.07, 6.45) is 0. The molecule has 1 aromatic heterocycles. The molecule has 0 aliphatic rings. The summed E-state index contributed by atoms with van der Waals surface area (Å²) in [4.78, 5) is 14.7. The van der Waals surface area contributed by atoms with Gasteiger partial charge < -0.3 is 0 Å². The molecule has 0 aliphatic heterocycles. The summed E-state index contributed by atoms with van der Waals surface area (Å²) >= 11 is 0. The van der Waals surface area contributed by atoms with E-state index < -0.39 is 0 Å². The first kappa shape index (κ1) is 30.1. The predicted octanol–water partition coefficient (Wildman–Crippen LogP) is 10.8. The van der Waals surface area contributed by atoms with Gasteiger partial charge in [-0.1, -0.05) is 146 Å². The van der Waals surface area contributed by atoms with Crippen molar-refractivity contribution in [3.63, 3.8) is 0 Å². The fourth-order valence-corrected chi connectivity index (χ4v) is 6.31. The third kappa shape index (κ3) is 5.88. The van der Waals surface area contributed by atoms with Gasteiger partial charge in [0.1, 0.15) is 0 Å². The maximum absolute atomic E-state index is 9.48. The Morgan fingerprint density at radius 2 is 0.820 bits per heavy atom. The zero-order chi connectivity index (χ0) is 33.9. The highest BCUT2D eigenvalue weighted by Crippen LogP contribution is 2.39.